The van der Waals surface area contributed by atoms with Gasteiger partial charge in [0, 0.05) is 5.69 Å². The predicted octanol–water partition coefficient (Wildman–Crippen LogP) is 2.49. The zero-order valence-corrected chi connectivity index (χ0v) is 8.75. The molecule has 0 saturated heterocycles. The Morgan fingerprint density at radius 3 is 2.24 bits per heavy atom. The van der Waals surface area contributed by atoms with Crippen LogP contribution in [0.3, 0.4) is 0 Å². The Bertz CT molecular complexity index is 438. The van der Waals surface area contributed by atoms with E-state index in [0.29, 0.717) is 0 Å². The van der Waals surface area contributed by atoms with E-state index in [1.165, 1.54) is 6.92 Å². The summed E-state index contributed by atoms with van der Waals surface area (Å²) in [4.78, 5) is 11.2. The van der Waals surface area contributed by atoms with Crippen molar-refractivity contribution in [3.05, 3.63) is 29.8 Å². The Morgan fingerprint density at radius 2 is 1.82 bits per heavy atom. The van der Waals surface area contributed by atoms with Gasteiger partial charge in [-0.1, -0.05) is 5.16 Å². The summed E-state index contributed by atoms with van der Waals surface area (Å²) in [6.45, 7) is 1.26. The van der Waals surface area contributed by atoms with E-state index in [0.717, 1.165) is 24.3 Å². The van der Waals surface area contributed by atoms with Crippen molar-refractivity contribution in [1.29, 1.82) is 0 Å². The largest absolute Gasteiger partial charge is 0.416 e. The van der Waals surface area contributed by atoms with Crippen LogP contribution in [0.5, 0.6) is 0 Å². The lowest BCUT2D eigenvalue weighted by Gasteiger charge is -2.08. The van der Waals surface area contributed by atoms with Crippen LogP contribution >= 0.6 is 0 Å². The first-order chi connectivity index (χ1) is 7.84. The normalized spacial score (nSPS) is 12.4. The van der Waals surface area contributed by atoms with Crippen molar-refractivity contribution in [3.8, 4) is 0 Å². The first-order valence-electron chi connectivity index (χ1n) is 4.52. The lowest BCUT2D eigenvalue weighted by molar-refractivity contribution is -0.137. The zero-order chi connectivity index (χ0) is 13.1. The van der Waals surface area contributed by atoms with Gasteiger partial charge in [-0.3, -0.25) is 4.79 Å². The quantitative estimate of drug-likeness (QED) is 0.478. The average molecular weight is 246 g/mol. The molecule has 4 nitrogen and oxygen atoms in total. The number of carbonyl (C=O) groups excluding carboxylic acids is 1. The van der Waals surface area contributed by atoms with Crippen LogP contribution in [0.25, 0.3) is 0 Å². The lowest BCUT2D eigenvalue weighted by Crippen LogP contribution is -2.20. The molecule has 0 atom stereocenters. The molecule has 0 aromatic heterocycles. The Balaban J connectivity index is 2.80. The van der Waals surface area contributed by atoms with E-state index in [1.54, 1.807) is 0 Å². The maximum atomic E-state index is 12.2. The number of hydrogen-bond acceptors (Lipinski definition) is 3. The standard InChI is InChI=1S/C10H9F3N2O2/c1-6(15-17)9(16)14-8-4-2-7(3-5-8)10(11,12)13/h2-5,17H,1H3,(H,14,16). The summed E-state index contributed by atoms with van der Waals surface area (Å²) in [7, 11) is 0. The third-order valence-electron chi connectivity index (χ3n) is 1.95. The number of amides is 1. The van der Waals surface area contributed by atoms with Crippen LogP contribution in [0, 0.1) is 0 Å². The Morgan fingerprint density at radius 1 is 1.29 bits per heavy atom. The highest BCUT2D eigenvalue weighted by atomic mass is 19.4. The zero-order valence-electron chi connectivity index (χ0n) is 8.75. The summed E-state index contributed by atoms with van der Waals surface area (Å²) >= 11 is 0. The number of hydrogen-bond donors (Lipinski definition) is 2. The number of rotatable bonds is 2. The summed E-state index contributed by atoms with van der Waals surface area (Å²) in [5.74, 6) is -0.688. The van der Waals surface area contributed by atoms with Gasteiger partial charge in [-0.15, -0.1) is 0 Å². The molecule has 0 aliphatic carbocycles. The summed E-state index contributed by atoms with van der Waals surface area (Å²) in [6.07, 6.45) is -4.41. The van der Waals surface area contributed by atoms with Crippen molar-refractivity contribution in [1.82, 2.24) is 0 Å². The molecular weight excluding hydrogens is 237 g/mol. The second kappa shape index (κ2) is 4.86. The third-order valence-corrected chi connectivity index (χ3v) is 1.95. The molecule has 0 radical (unpaired) electrons. The van der Waals surface area contributed by atoms with Gasteiger partial charge in [0.2, 0.25) is 0 Å². The monoisotopic (exact) mass is 246 g/mol. The number of carbonyl (C=O) groups is 1. The maximum absolute atomic E-state index is 12.2. The van der Waals surface area contributed by atoms with Gasteiger partial charge in [-0.2, -0.15) is 13.2 Å². The van der Waals surface area contributed by atoms with Crippen molar-refractivity contribution < 1.29 is 23.2 Å². The molecule has 0 heterocycles. The number of anilines is 1. The van der Waals surface area contributed by atoms with Crippen molar-refractivity contribution in [2.75, 3.05) is 5.32 Å². The SMILES string of the molecule is CC(=NO)C(=O)Nc1ccc(C(F)(F)F)cc1. The minimum Gasteiger partial charge on any atom is -0.410 e. The molecule has 1 amide bonds. The van der Waals surface area contributed by atoms with Gasteiger partial charge >= 0.3 is 6.18 Å². The summed E-state index contributed by atoms with van der Waals surface area (Å²) in [5, 5.41) is 13.3. The number of nitrogens with one attached hydrogen (secondary N) is 1. The summed E-state index contributed by atoms with van der Waals surface area (Å²) in [6, 6.07) is 3.93. The maximum Gasteiger partial charge on any atom is 0.416 e. The molecule has 0 aliphatic rings. The molecule has 0 saturated carbocycles. The van der Waals surface area contributed by atoms with E-state index in [9.17, 15) is 18.0 Å². The van der Waals surface area contributed by atoms with Crippen molar-refractivity contribution >= 4 is 17.3 Å². The first kappa shape index (κ1) is 13.0. The van der Waals surface area contributed by atoms with E-state index in [-0.39, 0.29) is 11.4 Å². The van der Waals surface area contributed by atoms with Crippen LogP contribution in [0.2, 0.25) is 0 Å². The highest BCUT2D eigenvalue weighted by Crippen LogP contribution is 2.29. The number of halogens is 3. The Hall–Kier alpha value is -2.05. The molecule has 92 valence electrons. The molecule has 1 aromatic carbocycles. The fourth-order valence-electron chi connectivity index (χ4n) is 1.01. The van der Waals surface area contributed by atoms with Crippen molar-refractivity contribution in [2.24, 2.45) is 5.16 Å². The average Bonchev–Trinajstić information content (AvgIpc) is 2.27. The minimum atomic E-state index is -4.41. The van der Waals surface area contributed by atoms with Gasteiger partial charge in [0.15, 0.2) is 0 Å². The number of oxime groups is 1. The van der Waals surface area contributed by atoms with Gasteiger partial charge in [0.25, 0.3) is 5.91 Å². The van der Waals surface area contributed by atoms with Crippen molar-refractivity contribution in [3.63, 3.8) is 0 Å². The first-order valence-corrected chi connectivity index (χ1v) is 4.52. The van der Waals surface area contributed by atoms with Gasteiger partial charge in [0.1, 0.15) is 5.71 Å². The van der Waals surface area contributed by atoms with Crippen LogP contribution in [-0.4, -0.2) is 16.8 Å². The van der Waals surface area contributed by atoms with E-state index in [2.05, 4.69) is 10.5 Å². The highest BCUT2D eigenvalue weighted by molar-refractivity contribution is 6.42. The third kappa shape index (κ3) is 3.47. The van der Waals surface area contributed by atoms with Gasteiger partial charge in [-0.25, -0.2) is 0 Å². The van der Waals surface area contributed by atoms with E-state index >= 15 is 0 Å². The predicted molar refractivity (Wildman–Crippen MR) is 55.0 cm³/mol. The second-order valence-corrected chi connectivity index (χ2v) is 3.21. The van der Waals surface area contributed by atoms with Crippen LogP contribution in [0.4, 0.5) is 18.9 Å². The highest BCUT2D eigenvalue weighted by Gasteiger charge is 2.29. The molecule has 0 fully saturated rings. The molecule has 2 N–H and O–H groups in total. The van der Waals surface area contributed by atoms with Crippen LogP contribution in [0.1, 0.15) is 12.5 Å². The molecule has 1 aromatic rings. The van der Waals surface area contributed by atoms with E-state index in [1.807, 2.05) is 0 Å². The fraction of sp³-hybridized carbons (Fsp3) is 0.200. The molecule has 7 heteroatoms. The van der Waals surface area contributed by atoms with Crippen LogP contribution < -0.4 is 5.32 Å². The molecular formula is C10H9F3N2O2. The Kier molecular flexibility index (Phi) is 3.72. The molecule has 17 heavy (non-hydrogen) atoms. The van der Waals surface area contributed by atoms with Gasteiger partial charge < -0.3 is 10.5 Å². The van der Waals surface area contributed by atoms with Gasteiger partial charge in [-0.05, 0) is 31.2 Å². The smallest absolute Gasteiger partial charge is 0.410 e. The number of benzene rings is 1. The summed E-state index contributed by atoms with van der Waals surface area (Å²) in [5.41, 5.74) is -0.807. The van der Waals surface area contributed by atoms with Crippen LogP contribution in [-0.2, 0) is 11.0 Å². The Labute approximate surface area is 94.7 Å². The molecule has 0 aliphatic heterocycles. The molecule has 0 spiro atoms. The molecule has 0 unspecified atom stereocenters. The van der Waals surface area contributed by atoms with Gasteiger partial charge in [0.05, 0.1) is 5.56 Å². The summed E-state index contributed by atoms with van der Waals surface area (Å²) < 4.78 is 36.7. The lowest BCUT2D eigenvalue weighted by atomic mass is 10.2. The fourth-order valence-corrected chi connectivity index (χ4v) is 1.01. The molecule has 0 bridgehead atoms. The van der Waals surface area contributed by atoms with E-state index < -0.39 is 17.6 Å². The van der Waals surface area contributed by atoms with E-state index in [4.69, 9.17) is 5.21 Å². The number of nitrogens with zero attached hydrogens (tertiary/aromatic N) is 1. The van der Waals surface area contributed by atoms with Crippen molar-refractivity contribution in [2.45, 2.75) is 13.1 Å². The topological polar surface area (TPSA) is 61.7 Å². The second-order valence-electron chi connectivity index (χ2n) is 3.21. The molecule has 1 rings (SSSR count). The number of alkyl halides is 3. The minimum absolute atomic E-state index is 0.186. The van der Waals surface area contributed by atoms with Crippen LogP contribution in [0.15, 0.2) is 29.4 Å².